The van der Waals surface area contributed by atoms with E-state index in [9.17, 15) is 4.79 Å². The second kappa shape index (κ2) is 6.87. The molecule has 2 aliphatic heterocycles. The zero-order chi connectivity index (χ0) is 18.4. The first kappa shape index (κ1) is 17.1. The molecule has 1 saturated heterocycles. The molecule has 3 aliphatic rings. The molecule has 0 atom stereocenters. The molecule has 27 heavy (non-hydrogen) atoms. The van der Waals surface area contributed by atoms with E-state index in [-0.39, 0.29) is 6.03 Å². The number of likely N-dealkylation sites (N-methyl/N-ethyl adjacent to an activating group) is 1. The summed E-state index contributed by atoms with van der Waals surface area (Å²) >= 11 is 1.81. The Morgan fingerprint density at radius 3 is 2.63 bits per heavy atom. The van der Waals surface area contributed by atoms with Crippen molar-refractivity contribution in [1.82, 2.24) is 19.8 Å². The van der Waals surface area contributed by atoms with Gasteiger partial charge in [0.05, 0.1) is 5.69 Å². The normalized spacial score (nSPS) is 21.3. The van der Waals surface area contributed by atoms with Gasteiger partial charge >= 0.3 is 6.03 Å². The molecule has 0 N–H and O–H groups in total. The number of rotatable bonds is 3. The quantitative estimate of drug-likeness (QED) is 0.818. The number of nitrogens with zero attached hydrogens (tertiary/aromatic N) is 5. The van der Waals surface area contributed by atoms with Crippen LogP contribution in [0.2, 0.25) is 0 Å². The molecular weight excluding hydrogens is 358 g/mol. The van der Waals surface area contributed by atoms with Crippen LogP contribution in [0.5, 0.6) is 0 Å². The van der Waals surface area contributed by atoms with Crippen molar-refractivity contribution in [3.63, 3.8) is 0 Å². The summed E-state index contributed by atoms with van der Waals surface area (Å²) in [5, 5.41) is 1.06. The summed E-state index contributed by atoms with van der Waals surface area (Å²) in [6.45, 7) is 3.76. The van der Waals surface area contributed by atoms with Crippen molar-refractivity contribution in [2.24, 2.45) is 0 Å². The standard InChI is InChI=1S/C20H25N5OS/c1-23-11-12-25(20(23)26)18-6-5-14(13-21-18)19-22-16-7-9-24(15-3-2-4-15)10-8-17(16)27-19/h5-6,13,15H,2-4,7-12H2,1H3. The van der Waals surface area contributed by atoms with Crippen LogP contribution in [0.25, 0.3) is 10.6 Å². The first-order chi connectivity index (χ1) is 13.2. The molecule has 6 nitrogen and oxygen atoms in total. The van der Waals surface area contributed by atoms with Gasteiger partial charge in [0.25, 0.3) is 0 Å². The monoisotopic (exact) mass is 383 g/mol. The van der Waals surface area contributed by atoms with Crippen molar-refractivity contribution in [3.05, 3.63) is 28.9 Å². The van der Waals surface area contributed by atoms with E-state index in [0.29, 0.717) is 6.54 Å². The third kappa shape index (κ3) is 3.12. The fourth-order valence-corrected chi connectivity index (χ4v) is 5.24. The Kier molecular flexibility index (Phi) is 4.36. The van der Waals surface area contributed by atoms with Crippen molar-refractivity contribution in [1.29, 1.82) is 0 Å². The molecule has 0 aromatic carbocycles. The van der Waals surface area contributed by atoms with Gasteiger partial charge in [-0.3, -0.25) is 9.80 Å². The van der Waals surface area contributed by atoms with E-state index in [1.165, 1.54) is 36.4 Å². The average molecular weight is 384 g/mol. The summed E-state index contributed by atoms with van der Waals surface area (Å²) in [7, 11) is 1.82. The molecule has 2 aromatic rings. The second-order valence-electron chi connectivity index (χ2n) is 7.77. The zero-order valence-corrected chi connectivity index (χ0v) is 16.5. The minimum absolute atomic E-state index is 0.0206. The predicted molar refractivity (Wildman–Crippen MR) is 107 cm³/mol. The van der Waals surface area contributed by atoms with Gasteiger partial charge in [0.1, 0.15) is 10.8 Å². The molecule has 7 heteroatoms. The minimum atomic E-state index is 0.0206. The van der Waals surface area contributed by atoms with Crippen LogP contribution in [0.1, 0.15) is 29.8 Å². The Morgan fingerprint density at radius 2 is 1.96 bits per heavy atom. The highest BCUT2D eigenvalue weighted by Gasteiger charge is 2.29. The number of pyridine rings is 1. The topological polar surface area (TPSA) is 52.6 Å². The maximum Gasteiger partial charge on any atom is 0.325 e. The number of thiazole rings is 1. The van der Waals surface area contributed by atoms with Crippen LogP contribution in [0.4, 0.5) is 10.6 Å². The molecular formula is C20H25N5OS. The Morgan fingerprint density at radius 1 is 1.11 bits per heavy atom. The molecule has 0 bridgehead atoms. The molecule has 2 fully saturated rings. The smallest absolute Gasteiger partial charge is 0.325 e. The Labute approximate surface area is 163 Å². The van der Waals surface area contributed by atoms with E-state index in [1.807, 2.05) is 36.7 Å². The number of hydrogen-bond acceptors (Lipinski definition) is 5. The Balaban J connectivity index is 1.31. The largest absolute Gasteiger partial charge is 0.326 e. The molecule has 4 heterocycles. The SMILES string of the molecule is CN1CCN(c2ccc(-c3nc4c(s3)CCN(C3CCC3)CC4)cn2)C1=O. The van der Waals surface area contributed by atoms with Gasteiger partial charge in [0.2, 0.25) is 0 Å². The number of carbonyl (C=O) groups is 1. The summed E-state index contributed by atoms with van der Waals surface area (Å²) in [6, 6.07) is 4.83. The van der Waals surface area contributed by atoms with E-state index in [1.54, 1.807) is 9.80 Å². The van der Waals surface area contributed by atoms with Crippen molar-refractivity contribution in [3.8, 4) is 10.6 Å². The Bertz CT molecular complexity index is 819. The first-order valence-corrected chi connectivity index (χ1v) is 10.7. The number of carbonyl (C=O) groups excluding carboxylic acids is 1. The fourth-order valence-electron chi connectivity index (χ4n) is 4.15. The summed E-state index contributed by atoms with van der Waals surface area (Å²) in [4.78, 5) is 29.2. The van der Waals surface area contributed by atoms with Crippen LogP contribution >= 0.6 is 11.3 Å². The fraction of sp³-hybridized carbons (Fsp3) is 0.550. The van der Waals surface area contributed by atoms with Gasteiger partial charge in [-0.05, 0) is 31.4 Å². The van der Waals surface area contributed by atoms with E-state index in [4.69, 9.17) is 4.98 Å². The van der Waals surface area contributed by atoms with Crippen LogP contribution in [0.15, 0.2) is 18.3 Å². The van der Waals surface area contributed by atoms with Crippen molar-refractivity contribution >= 4 is 23.2 Å². The lowest BCUT2D eigenvalue weighted by Crippen LogP contribution is -2.41. The van der Waals surface area contributed by atoms with Crippen LogP contribution in [-0.2, 0) is 12.8 Å². The summed E-state index contributed by atoms with van der Waals surface area (Å²) in [5.41, 5.74) is 2.32. The first-order valence-electron chi connectivity index (χ1n) is 9.91. The maximum atomic E-state index is 12.1. The lowest BCUT2D eigenvalue weighted by molar-refractivity contribution is 0.133. The van der Waals surface area contributed by atoms with Gasteiger partial charge in [-0.15, -0.1) is 11.3 Å². The summed E-state index contributed by atoms with van der Waals surface area (Å²) in [5.74, 6) is 0.724. The van der Waals surface area contributed by atoms with E-state index >= 15 is 0 Å². The van der Waals surface area contributed by atoms with Gasteiger partial charge in [-0.25, -0.2) is 14.8 Å². The molecule has 0 radical (unpaired) electrons. The van der Waals surface area contributed by atoms with Crippen LogP contribution in [-0.4, -0.2) is 65.1 Å². The van der Waals surface area contributed by atoms with Crippen LogP contribution in [0.3, 0.4) is 0 Å². The molecule has 142 valence electrons. The van der Waals surface area contributed by atoms with Gasteiger partial charge in [-0.1, -0.05) is 6.42 Å². The van der Waals surface area contributed by atoms with E-state index in [2.05, 4.69) is 9.88 Å². The highest BCUT2D eigenvalue weighted by Crippen LogP contribution is 2.33. The van der Waals surface area contributed by atoms with E-state index < -0.39 is 0 Å². The second-order valence-corrected chi connectivity index (χ2v) is 8.85. The van der Waals surface area contributed by atoms with Crippen molar-refractivity contribution < 1.29 is 4.79 Å². The minimum Gasteiger partial charge on any atom is -0.326 e. The lowest BCUT2D eigenvalue weighted by Gasteiger charge is -2.36. The highest BCUT2D eigenvalue weighted by atomic mass is 32.1. The van der Waals surface area contributed by atoms with Crippen LogP contribution in [0, 0.1) is 0 Å². The molecule has 2 aromatic heterocycles. The highest BCUT2D eigenvalue weighted by molar-refractivity contribution is 7.15. The number of hydrogen-bond donors (Lipinski definition) is 0. The molecule has 2 amide bonds. The number of urea groups is 1. The predicted octanol–water partition coefficient (Wildman–Crippen LogP) is 3.03. The van der Waals surface area contributed by atoms with Crippen molar-refractivity contribution in [2.45, 2.75) is 38.1 Å². The Hall–Kier alpha value is -1.99. The average Bonchev–Trinajstić information content (AvgIpc) is 3.14. The summed E-state index contributed by atoms with van der Waals surface area (Å²) in [6.07, 6.45) is 8.18. The molecule has 5 rings (SSSR count). The summed E-state index contributed by atoms with van der Waals surface area (Å²) < 4.78 is 0. The lowest BCUT2D eigenvalue weighted by atomic mass is 9.91. The molecule has 0 unspecified atom stereocenters. The van der Waals surface area contributed by atoms with Crippen LogP contribution < -0.4 is 4.90 Å². The van der Waals surface area contributed by atoms with Gasteiger partial charge in [0, 0.05) is 62.3 Å². The molecule has 0 spiro atoms. The molecule has 1 aliphatic carbocycles. The number of amides is 2. The van der Waals surface area contributed by atoms with Gasteiger partial charge < -0.3 is 4.90 Å². The number of fused-ring (bicyclic) bond motifs is 1. The van der Waals surface area contributed by atoms with Gasteiger partial charge in [-0.2, -0.15) is 0 Å². The third-order valence-corrected chi connectivity index (χ3v) is 7.33. The maximum absolute atomic E-state index is 12.1. The number of aromatic nitrogens is 2. The molecule has 1 saturated carbocycles. The van der Waals surface area contributed by atoms with Gasteiger partial charge in [0.15, 0.2) is 0 Å². The number of anilines is 1. The third-order valence-electron chi connectivity index (χ3n) is 6.12. The van der Waals surface area contributed by atoms with E-state index in [0.717, 1.165) is 48.4 Å². The van der Waals surface area contributed by atoms with Crippen molar-refractivity contribution in [2.75, 3.05) is 38.1 Å². The zero-order valence-electron chi connectivity index (χ0n) is 15.7.